The zero-order valence-corrected chi connectivity index (χ0v) is 9.53. The van der Waals surface area contributed by atoms with Gasteiger partial charge in [0, 0.05) is 6.08 Å². The molecule has 0 aromatic heterocycles. The molecule has 0 spiro atoms. The second kappa shape index (κ2) is 5.00. The third kappa shape index (κ3) is 4.09. The van der Waals surface area contributed by atoms with Crippen LogP contribution >= 0.6 is 0 Å². The third-order valence-corrected chi connectivity index (χ3v) is 2.50. The van der Waals surface area contributed by atoms with E-state index in [9.17, 15) is 44.1 Å². The summed E-state index contributed by atoms with van der Waals surface area (Å²) >= 11 is 0. The maximum Gasteiger partial charge on any atom is 0.438 e. The summed E-state index contributed by atoms with van der Waals surface area (Å²) in [5.74, 6) is -5.20. The molecule has 0 rings (SSSR count). The van der Waals surface area contributed by atoms with Gasteiger partial charge in [-0.1, -0.05) is 6.58 Å². The van der Waals surface area contributed by atoms with E-state index in [0.717, 1.165) is 0 Å². The number of carbonyl (C=O) groups is 1. The third-order valence-electron chi connectivity index (χ3n) is 1.74. The van der Waals surface area contributed by atoms with E-state index in [2.05, 4.69) is 11.3 Å². The molecule has 0 aliphatic rings. The largest absolute Gasteiger partial charge is 0.748 e. The normalized spacial score (nSPS) is 14.1. The van der Waals surface area contributed by atoms with Gasteiger partial charge in [-0.15, -0.1) is 0 Å². The van der Waals surface area contributed by atoms with Gasteiger partial charge in [0.05, 0.1) is 15.9 Å². The molecule has 0 bridgehead atoms. The molecule has 0 unspecified atom stereocenters. The minimum absolute atomic E-state index is 0.0380. The number of ether oxygens (including phenoxy) is 1. The average molecular weight is 315 g/mol. The fraction of sp³-hybridized carbons (Fsp3) is 0.571. The maximum absolute atomic E-state index is 12.5. The van der Waals surface area contributed by atoms with Gasteiger partial charge in [0.2, 0.25) is 0 Å². The second-order valence-electron chi connectivity index (χ2n) is 3.15. The summed E-state index contributed by atoms with van der Waals surface area (Å²) in [5.41, 5.74) is -5.44. The van der Waals surface area contributed by atoms with Crippen LogP contribution < -0.4 is 0 Å². The lowest BCUT2D eigenvalue weighted by molar-refractivity contribution is -0.360. The van der Waals surface area contributed by atoms with E-state index >= 15 is 0 Å². The monoisotopic (exact) mass is 315 g/mol. The van der Waals surface area contributed by atoms with E-state index in [0.29, 0.717) is 0 Å². The molecule has 12 heteroatoms. The summed E-state index contributed by atoms with van der Waals surface area (Å²) < 4.78 is 109. The first-order valence-electron chi connectivity index (χ1n) is 4.09. The lowest BCUT2D eigenvalue weighted by atomic mass is 10.1. The molecule has 0 aromatic rings. The Balaban J connectivity index is 6.04. The Labute approximate surface area is 102 Å². The Morgan fingerprint density at radius 3 is 1.74 bits per heavy atom. The van der Waals surface area contributed by atoms with Crippen LogP contribution in [0.25, 0.3) is 0 Å². The van der Waals surface area contributed by atoms with Crippen molar-refractivity contribution in [3.8, 4) is 0 Å². The SMILES string of the molecule is C=CC(=O)OC(CS(=O)(=O)[O-])(C(F)(F)F)C(F)(F)F. The molecule has 0 aliphatic carbocycles. The molecular formula is C7H5F6O5S-. The molecule has 19 heavy (non-hydrogen) atoms. The highest BCUT2D eigenvalue weighted by Gasteiger charge is 2.75. The molecule has 0 saturated carbocycles. The number of carbonyl (C=O) groups excluding carboxylic acids is 1. The number of alkyl halides is 6. The summed E-state index contributed by atoms with van der Waals surface area (Å²) in [4.78, 5) is 10.6. The van der Waals surface area contributed by atoms with Crippen molar-refractivity contribution in [2.75, 3.05) is 5.75 Å². The lowest BCUT2D eigenvalue weighted by Crippen LogP contribution is -2.63. The molecule has 0 radical (unpaired) electrons. The molecule has 0 amide bonds. The van der Waals surface area contributed by atoms with Gasteiger partial charge >= 0.3 is 23.9 Å². The van der Waals surface area contributed by atoms with E-state index in [1.165, 1.54) is 0 Å². The zero-order valence-electron chi connectivity index (χ0n) is 8.71. The molecular weight excluding hydrogens is 310 g/mol. The highest BCUT2D eigenvalue weighted by atomic mass is 32.2. The predicted molar refractivity (Wildman–Crippen MR) is 45.7 cm³/mol. The van der Waals surface area contributed by atoms with E-state index in [4.69, 9.17) is 0 Å². The fourth-order valence-corrected chi connectivity index (χ4v) is 1.82. The first-order chi connectivity index (χ1) is 8.16. The van der Waals surface area contributed by atoms with Crippen molar-refractivity contribution < 1.29 is 48.8 Å². The number of hydrogen-bond acceptors (Lipinski definition) is 5. The number of hydrogen-bond donors (Lipinski definition) is 0. The van der Waals surface area contributed by atoms with Crippen LogP contribution in [0.15, 0.2) is 12.7 Å². The molecule has 0 fully saturated rings. The van der Waals surface area contributed by atoms with Crippen LogP contribution in [0.2, 0.25) is 0 Å². The predicted octanol–water partition coefficient (Wildman–Crippen LogP) is 1.12. The van der Waals surface area contributed by atoms with Gasteiger partial charge in [-0.05, 0) is 0 Å². The van der Waals surface area contributed by atoms with E-state index < -0.39 is 39.8 Å². The van der Waals surface area contributed by atoms with Crippen molar-refractivity contribution in [1.82, 2.24) is 0 Å². The molecule has 0 aromatic carbocycles. The Hall–Kier alpha value is -1.30. The van der Waals surface area contributed by atoms with Crippen molar-refractivity contribution >= 4 is 16.1 Å². The number of halogens is 6. The highest BCUT2D eigenvalue weighted by molar-refractivity contribution is 7.85. The quantitative estimate of drug-likeness (QED) is 0.336. The van der Waals surface area contributed by atoms with Crippen LogP contribution in [0.3, 0.4) is 0 Å². The first-order valence-corrected chi connectivity index (χ1v) is 5.66. The van der Waals surface area contributed by atoms with Crippen LogP contribution in [0.1, 0.15) is 0 Å². The zero-order chi connectivity index (χ0) is 15.7. The summed E-state index contributed by atoms with van der Waals surface area (Å²) in [6, 6.07) is 0. The summed E-state index contributed by atoms with van der Waals surface area (Å²) in [7, 11) is -6.00. The molecule has 0 saturated heterocycles. The molecule has 0 N–H and O–H groups in total. The highest BCUT2D eigenvalue weighted by Crippen LogP contribution is 2.46. The topological polar surface area (TPSA) is 83.5 Å². The smallest absolute Gasteiger partial charge is 0.438 e. The molecule has 0 aliphatic heterocycles. The summed E-state index contributed by atoms with van der Waals surface area (Å²) in [5, 5.41) is 0. The Bertz CT molecular complexity index is 447. The van der Waals surface area contributed by atoms with Gasteiger partial charge in [-0.3, -0.25) is 0 Å². The van der Waals surface area contributed by atoms with Crippen molar-refractivity contribution in [1.29, 1.82) is 0 Å². The molecule has 5 nitrogen and oxygen atoms in total. The van der Waals surface area contributed by atoms with Crippen LogP contribution in [-0.2, 0) is 19.6 Å². The minimum atomic E-state index is -6.36. The average Bonchev–Trinajstić information content (AvgIpc) is 2.10. The van der Waals surface area contributed by atoms with Crippen molar-refractivity contribution in [3.05, 3.63) is 12.7 Å². The standard InChI is InChI=1S/C7H6F6O5S/c1-2-4(14)18-5(6(8,9)10,7(11,12)13)3-19(15,16)17/h2H,1,3H2,(H,15,16,17)/p-1. The van der Waals surface area contributed by atoms with Crippen LogP contribution in [-0.4, -0.2) is 42.6 Å². The van der Waals surface area contributed by atoms with Gasteiger partial charge in [-0.25, -0.2) is 13.2 Å². The van der Waals surface area contributed by atoms with Crippen molar-refractivity contribution in [3.63, 3.8) is 0 Å². The van der Waals surface area contributed by atoms with Gasteiger partial charge in [-0.2, -0.15) is 26.3 Å². The second-order valence-corrected chi connectivity index (χ2v) is 4.55. The van der Waals surface area contributed by atoms with Gasteiger partial charge < -0.3 is 9.29 Å². The first kappa shape index (κ1) is 17.7. The van der Waals surface area contributed by atoms with Crippen LogP contribution in [0, 0.1) is 0 Å². The Morgan fingerprint density at radius 1 is 1.16 bits per heavy atom. The van der Waals surface area contributed by atoms with Crippen molar-refractivity contribution in [2.45, 2.75) is 18.0 Å². The van der Waals surface area contributed by atoms with Gasteiger partial charge in [0.1, 0.15) is 0 Å². The van der Waals surface area contributed by atoms with Crippen LogP contribution in [0.4, 0.5) is 26.3 Å². The Kier molecular flexibility index (Phi) is 4.66. The summed E-state index contributed by atoms with van der Waals surface area (Å²) in [6.07, 6.45) is -12.8. The van der Waals surface area contributed by atoms with E-state index in [-0.39, 0.29) is 6.08 Å². The maximum atomic E-state index is 12.5. The fourth-order valence-electron chi connectivity index (χ4n) is 0.932. The number of esters is 1. The lowest BCUT2D eigenvalue weighted by Gasteiger charge is -2.36. The van der Waals surface area contributed by atoms with Gasteiger partial charge in [0.15, 0.2) is 0 Å². The van der Waals surface area contributed by atoms with E-state index in [1.54, 1.807) is 0 Å². The molecule has 0 heterocycles. The van der Waals surface area contributed by atoms with E-state index in [1.807, 2.05) is 0 Å². The summed E-state index contributed by atoms with van der Waals surface area (Å²) in [6.45, 7) is 2.57. The van der Waals surface area contributed by atoms with Crippen LogP contribution in [0.5, 0.6) is 0 Å². The van der Waals surface area contributed by atoms with Gasteiger partial charge in [0.25, 0.3) is 0 Å². The molecule has 0 atom stereocenters. The number of rotatable bonds is 4. The molecule has 112 valence electrons. The van der Waals surface area contributed by atoms with Crippen molar-refractivity contribution in [2.24, 2.45) is 0 Å². The minimum Gasteiger partial charge on any atom is -0.748 e. The Morgan fingerprint density at radius 2 is 1.53 bits per heavy atom.